The minimum Gasteiger partial charge on any atom is -0.329 e. The molecule has 0 radical (unpaired) electrons. The molecule has 1 aliphatic rings. The van der Waals surface area contributed by atoms with Crippen LogP contribution in [0.5, 0.6) is 0 Å². The molecular formula is C17H23N3OS. The van der Waals surface area contributed by atoms with Gasteiger partial charge in [-0.15, -0.1) is 0 Å². The minimum atomic E-state index is -0.0898. The van der Waals surface area contributed by atoms with Gasteiger partial charge in [-0.25, -0.2) is 4.31 Å². The van der Waals surface area contributed by atoms with Gasteiger partial charge in [0.1, 0.15) is 0 Å². The first-order valence-corrected chi connectivity index (χ1v) is 9.07. The second-order valence-corrected chi connectivity index (χ2v) is 7.63. The lowest BCUT2D eigenvalue weighted by Gasteiger charge is -2.30. The number of hydrogen-bond donors (Lipinski definition) is 2. The summed E-state index contributed by atoms with van der Waals surface area (Å²) in [5.74, 6) is 0. The number of rotatable bonds is 2. The van der Waals surface area contributed by atoms with Gasteiger partial charge in [0.15, 0.2) is 0 Å². The predicted octanol–water partition coefficient (Wildman–Crippen LogP) is 2.58. The molecule has 22 heavy (non-hydrogen) atoms. The highest BCUT2D eigenvalue weighted by atomic mass is 32.2. The van der Waals surface area contributed by atoms with E-state index in [1.165, 1.54) is 4.90 Å². The summed E-state index contributed by atoms with van der Waals surface area (Å²) in [6, 6.07) is 8.57. The first-order chi connectivity index (χ1) is 10.7. The second-order valence-electron chi connectivity index (χ2n) is 5.62. The molecule has 0 saturated carbocycles. The standard InChI is InChI=1S/C17H23N3OS/c1-3-22(20-11-5-9-18-12-13(20)2)16-7-4-6-15-14(16)8-10-19-17(15)21/h3-4,6-8,10,13,18H,5,9,11-12H2,1-2H3,(H,19,21). The fourth-order valence-electron chi connectivity index (χ4n) is 3.05. The van der Waals surface area contributed by atoms with Crippen molar-refractivity contribution in [3.8, 4) is 0 Å². The quantitative estimate of drug-likeness (QED) is 0.837. The second kappa shape index (κ2) is 6.77. The van der Waals surface area contributed by atoms with E-state index in [4.69, 9.17) is 0 Å². The number of aromatic amines is 1. The van der Waals surface area contributed by atoms with Crippen LogP contribution in [0.4, 0.5) is 0 Å². The van der Waals surface area contributed by atoms with Crippen molar-refractivity contribution in [2.75, 3.05) is 19.6 Å². The fraction of sp³-hybridized carbons (Fsp3) is 0.412. The summed E-state index contributed by atoms with van der Waals surface area (Å²) in [7, 11) is -0.0898. The largest absolute Gasteiger partial charge is 0.329 e. The number of fused-ring (bicyclic) bond motifs is 1. The Hall–Kier alpha value is -1.43. The van der Waals surface area contributed by atoms with Crippen molar-refractivity contribution in [2.45, 2.75) is 31.2 Å². The summed E-state index contributed by atoms with van der Waals surface area (Å²) in [4.78, 5) is 16.1. The van der Waals surface area contributed by atoms with Crippen molar-refractivity contribution >= 4 is 26.8 Å². The Morgan fingerprint density at radius 1 is 1.32 bits per heavy atom. The fourth-order valence-corrected chi connectivity index (χ4v) is 5.24. The normalized spacial score (nSPS) is 21.8. The van der Waals surface area contributed by atoms with Crippen LogP contribution in [0, 0.1) is 0 Å². The van der Waals surface area contributed by atoms with Crippen molar-refractivity contribution in [3.05, 3.63) is 40.8 Å². The molecule has 2 aromatic rings. The first kappa shape index (κ1) is 15.5. The van der Waals surface area contributed by atoms with Crippen LogP contribution in [-0.2, 0) is 0 Å². The van der Waals surface area contributed by atoms with Crippen LogP contribution in [0.2, 0.25) is 0 Å². The van der Waals surface area contributed by atoms with Gasteiger partial charge >= 0.3 is 0 Å². The molecule has 1 aromatic heterocycles. The molecule has 1 saturated heterocycles. The van der Waals surface area contributed by atoms with E-state index in [2.05, 4.69) is 39.9 Å². The molecule has 5 heteroatoms. The van der Waals surface area contributed by atoms with E-state index in [0.29, 0.717) is 6.04 Å². The van der Waals surface area contributed by atoms with E-state index in [0.717, 1.165) is 36.8 Å². The van der Waals surface area contributed by atoms with Crippen molar-refractivity contribution < 1.29 is 0 Å². The smallest absolute Gasteiger partial charge is 0.255 e. The lowest BCUT2D eigenvalue weighted by molar-refractivity contribution is 0.393. The van der Waals surface area contributed by atoms with Crippen LogP contribution in [0.25, 0.3) is 10.8 Å². The van der Waals surface area contributed by atoms with Gasteiger partial charge in [0.2, 0.25) is 0 Å². The number of pyridine rings is 1. The van der Waals surface area contributed by atoms with Crippen LogP contribution in [-0.4, -0.2) is 40.3 Å². The molecule has 1 aromatic carbocycles. The molecule has 3 rings (SSSR count). The van der Waals surface area contributed by atoms with Gasteiger partial charge in [-0.2, -0.15) is 0 Å². The molecule has 0 bridgehead atoms. The van der Waals surface area contributed by atoms with Crippen LogP contribution < -0.4 is 10.9 Å². The average Bonchev–Trinajstić information content (AvgIpc) is 2.74. The highest BCUT2D eigenvalue weighted by Gasteiger charge is 2.21. The van der Waals surface area contributed by atoms with Crippen molar-refractivity contribution in [1.29, 1.82) is 0 Å². The van der Waals surface area contributed by atoms with Gasteiger partial charge in [-0.1, -0.05) is 16.7 Å². The Morgan fingerprint density at radius 3 is 3.00 bits per heavy atom. The van der Waals surface area contributed by atoms with Crippen molar-refractivity contribution in [2.24, 2.45) is 0 Å². The summed E-state index contributed by atoms with van der Waals surface area (Å²) < 4.78 is 2.57. The van der Waals surface area contributed by atoms with Gasteiger partial charge in [0.25, 0.3) is 5.56 Å². The van der Waals surface area contributed by atoms with E-state index in [9.17, 15) is 4.79 Å². The van der Waals surface area contributed by atoms with Crippen LogP contribution in [0.15, 0.2) is 40.2 Å². The van der Waals surface area contributed by atoms with Gasteiger partial charge in [0, 0.05) is 41.0 Å². The maximum absolute atomic E-state index is 12.1. The number of hydrogen-bond acceptors (Lipinski definition) is 3. The average molecular weight is 317 g/mol. The third-order valence-corrected chi connectivity index (χ3v) is 6.44. The molecule has 2 heterocycles. The summed E-state index contributed by atoms with van der Waals surface area (Å²) in [5, 5.41) is 7.62. The number of H-pyrrole nitrogens is 1. The van der Waals surface area contributed by atoms with E-state index in [1.807, 2.05) is 18.2 Å². The zero-order valence-corrected chi connectivity index (χ0v) is 14.0. The summed E-state index contributed by atoms with van der Waals surface area (Å²) >= 11 is 0. The third-order valence-electron chi connectivity index (χ3n) is 4.14. The first-order valence-electron chi connectivity index (χ1n) is 7.83. The molecule has 1 aliphatic heterocycles. The lowest BCUT2D eigenvalue weighted by Crippen LogP contribution is -2.33. The SMILES string of the molecule is C/C=S(/c1cccc2c(=O)[nH]ccc12)N1CCCNCC1C. The molecule has 1 fully saturated rings. The summed E-state index contributed by atoms with van der Waals surface area (Å²) in [6.45, 7) is 7.58. The Kier molecular flexibility index (Phi) is 4.76. The van der Waals surface area contributed by atoms with E-state index < -0.39 is 0 Å². The summed E-state index contributed by atoms with van der Waals surface area (Å²) in [6.07, 6.45) is 2.91. The third kappa shape index (κ3) is 2.89. The lowest BCUT2D eigenvalue weighted by atomic mass is 10.2. The number of nitrogens with zero attached hydrogens (tertiary/aromatic N) is 1. The number of aromatic nitrogens is 1. The Morgan fingerprint density at radius 2 is 2.18 bits per heavy atom. The molecular weight excluding hydrogens is 294 g/mol. The topological polar surface area (TPSA) is 48.1 Å². The Labute approximate surface area is 133 Å². The molecule has 0 spiro atoms. The number of nitrogens with one attached hydrogen (secondary N) is 2. The monoisotopic (exact) mass is 317 g/mol. The van der Waals surface area contributed by atoms with E-state index in [1.54, 1.807) is 6.20 Å². The number of benzene rings is 1. The van der Waals surface area contributed by atoms with Crippen LogP contribution in [0.3, 0.4) is 0 Å². The van der Waals surface area contributed by atoms with E-state index in [-0.39, 0.29) is 16.2 Å². The Balaban J connectivity index is 2.12. The highest BCUT2D eigenvalue weighted by molar-refractivity contribution is 8.13. The van der Waals surface area contributed by atoms with Gasteiger partial charge in [-0.05, 0) is 50.4 Å². The maximum Gasteiger partial charge on any atom is 0.255 e. The zero-order chi connectivity index (χ0) is 15.5. The van der Waals surface area contributed by atoms with Gasteiger partial charge < -0.3 is 10.3 Å². The van der Waals surface area contributed by atoms with Crippen LogP contribution >= 0.6 is 10.7 Å². The molecule has 2 unspecified atom stereocenters. The van der Waals surface area contributed by atoms with Crippen LogP contribution in [0.1, 0.15) is 20.3 Å². The molecule has 2 atom stereocenters. The maximum atomic E-state index is 12.1. The molecule has 4 nitrogen and oxygen atoms in total. The molecule has 118 valence electrons. The van der Waals surface area contributed by atoms with Crippen molar-refractivity contribution in [1.82, 2.24) is 14.6 Å². The van der Waals surface area contributed by atoms with E-state index >= 15 is 0 Å². The highest BCUT2D eigenvalue weighted by Crippen LogP contribution is 2.36. The zero-order valence-electron chi connectivity index (χ0n) is 13.1. The van der Waals surface area contributed by atoms with Crippen molar-refractivity contribution in [3.63, 3.8) is 0 Å². The predicted molar refractivity (Wildman–Crippen MR) is 95.8 cm³/mol. The molecule has 2 N–H and O–H groups in total. The van der Waals surface area contributed by atoms with Gasteiger partial charge in [0.05, 0.1) is 0 Å². The Bertz CT molecular complexity index is 753. The molecule has 0 aliphatic carbocycles. The summed E-state index contributed by atoms with van der Waals surface area (Å²) in [5.41, 5.74) is -0.00964. The van der Waals surface area contributed by atoms with Gasteiger partial charge in [-0.3, -0.25) is 4.79 Å². The molecule has 0 amide bonds. The minimum absolute atomic E-state index is 0.00964.